The van der Waals surface area contributed by atoms with Gasteiger partial charge in [0.05, 0.1) is 0 Å². The first-order valence-electron chi connectivity index (χ1n) is 3.71. The number of carbonyl (C=O) groups is 1. The molecule has 1 nitrogen and oxygen atoms in total. The highest BCUT2D eigenvalue weighted by atomic mass is 16.1. The van der Waals surface area contributed by atoms with Gasteiger partial charge in [-0.15, -0.1) is 6.58 Å². The van der Waals surface area contributed by atoms with E-state index < -0.39 is 0 Å². The third kappa shape index (κ3) is 3.44. The number of Topliss-reactive ketones (excluding diaryl/α,β-unsaturated/α-hetero) is 1. The Kier molecular flexibility index (Phi) is 4.01. The Labute approximate surface area is 63.1 Å². The Bertz CT molecular complexity index is 127. The molecule has 0 radical (unpaired) electrons. The summed E-state index contributed by atoms with van der Waals surface area (Å²) in [6, 6.07) is 0. The first-order chi connectivity index (χ1) is 4.57. The fourth-order valence-corrected chi connectivity index (χ4v) is 0.820. The van der Waals surface area contributed by atoms with Gasteiger partial charge in [0.25, 0.3) is 0 Å². The second-order valence-electron chi connectivity index (χ2n) is 2.96. The van der Waals surface area contributed by atoms with Gasteiger partial charge in [-0.3, -0.25) is 4.79 Å². The molecule has 0 saturated carbocycles. The van der Waals surface area contributed by atoms with Crippen LogP contribution in [0.25, 0.3) is 0 Å². The number of hydrogen-bond donors (Lipinski definition) is 0. The number of carbonyl (C=O) groups excluding carboxylic acids is 1. The molecule has 58 valence electrons. The van der Waals surface area contributed by atoms with E-state index in [0.29, 0.717) is 5.92 Å². The number of ketones is 1. The molecule has 0 aliphatic heterocycles. The highest BCUT2D eigenvalue weighted by Gasteiger charge is 2.09. The molecule has 1 heteroatoms. The van der Waals surface area contributed by atoms with E-state index in [1.165, 1.54) is 0 Å². The Hall–Kier alpha value is -0.590. The normalized spacial score (nSPS) is 15.9. The van der Waals surface area contributed by atoms with Crippen molar-refractivity contribution in [2.45, 2.75) is 27.2 Å². The van der Waals surface area contributed by atoms with Crippen LogP contribution < -0.4 is 0 Å². The molecule has 10 heavy (non-hydrogen) atoms. The van der Waals surface area contributed by atoms with E-state index in [-0.39, 0.29) is 11.7 Å². The van der Waals surface area contributed by atoms with Crippen LogP contribution in [-0.4, -0.2) is 5.78 Å². The molecular weight excluding hydrogens is 124 g/mol. The summed E-state index contributed by atoms with van der Waals surface area (Å²) >= 11 is 0. The van der Waals surface area contributed by atoms with Gasteiger partial charge in [0.15, 0.2) is 0 Å². The largest absolute Gasteiger partial charge is 0.300 e. The minimum absolute atomic E-state index is 0.188. The van der Waals surface area contributed by atoms with Crippen molar-refractivity contribution in [3.63, 3.8) is 0 Å². The molecule has 0 heterocycles. The van der Waals surface area contributed by atoms with Gasteiger partial charge in [0.1, 0.15) is 5.78 Å². The second-order valence-corrected chi connectivity index (χ2v) is 2.96. The smallest absolute Gasteiger partial charge is 0.132 e. The lowest BCUT2D eigenvalue weighted by Gasteiger charge is -2.09. The standard InChI is InChI=1S/C9H16O/c1-5-7(2)6-8(3)9(4)10/h5,7-8H,1,6H2,2-4H3/t7-,8+/m1/s1. The molecule has 0 N–H and O–H groups in total. The molecule has 0 unspecified atom stereocenters. The lowest BCUT2D eigenvalue weighted by molar-refractivity contribution is -0.120. The Morgan fingerprint density at radius 2 is 2.10 bits per heavy atom. The zero-order chi connectivity index (χ0) is 8.15. The van der Waals surface area contributed by atoms with Gasteiger partial charge in [-0.2, -0.15) is 0 Å². The van der Waals surface area contributed by atoms with Gasteiger partial charge in [-0.05, 0) is 19.3 Å². The summed E-state index contributed by atoms with van der Waals surface area (Å²) < 4.78 is 0. The van der Waals surface area contributed by atoms with E-state index in [0.717, 1.165) is 6.42 Å². The molecule has 0 amide bonds. The van der Waals surface area contributed by atoms with Crippen LogP contribution in [0, 0.1) is 11.8 Å². The summed E-state index contributed by atoms with van der Waals surface area (Å²) in [5.41, 5.74) is 0. The van der Waals surface area contributed by atoms with Gasteiger partial charge < -0.3 is 0 Å². The van der Waals surface area contributed by atoms with Crippen LogP contribution in [0.4, 0.5) is 0 Å². The highest BCUT2D eigenvalue weighted by molar-refractivity contribution is 5.77. The molecule has 0 aliphatic carbocycles. The van der Waals surface area contributed by atoms with Gasteiger partial charge in [-0.1, -0.05) is 19.9 Å². The third-order valence-corrected chi connectivity index (χ3v) is 1.82. The summed E-state index contributed by atoms with van der Waals surface area (Å²) in [7, 11) is 0. The van der Waals surface area contributed by atoms with Gasteiger partial charge in [-0.25, -0.2) is 0 Å². The van der Waals surface area contributed by atoms with Crippen molar-refractivity contribution in [2.75, 3.05) is 0 Å². The molecule has 0 spiro atoms. The highest BCUT2D eigenvalue weighted by Crippen LogP contribution is 2.12. The predicted octanol–water partition coefficient (Wildman–Crippen LogP) is 2.42. The number of rotatable bonds is 4. The first kappa shape index (κ1) is 9.41. The summed E-state index contributed by atoms with van der Waals surface area (Å²) in [4.78, 5) is 10.8. The fourth-order valence-electron chi connectivity index (χ4n) is 0.820. The average molecular weight is 140 g/mol. The lowest BCUT2D eigenvalue weighted by atomic mass is 9.95. The maximum absolute atomic E-state index is 10.8. The Morgan fingerprint density at radius 1 is 1.60 bits per heavy atom. The van der Waals surface area contributed by atoms with E-state index in [9.17, 15) is 4.79 Å². The monoisotopic (exact) mass is 140 g/mol. The van der Waals surface area contributed by atoms with Crippen molar-refractivity contribution in [3.05, 3.63) is 12.7 Å². The van der Waals surface area contributed by atoms with Gasteiger partial charge >= 0.3 is 0 Å². The van der Waals surface area contributed by atoms with E-state index in [2.05, 4.69) is 13.5 Å². The number of allylic oxidation sites excluding steroid dienone is 1. The zero-order valence-corrected chi connectivity index (χ0v) is 7.05. The van der Waals surface area contributed by atoms with Crippen molar-refractivity contribution in [1.82, 2.24) is 0 Å². The van der Waals surface area contributed by atoms with Crippen LogP contribution in [-0.2, 0) is 4.79 Å². The number of hydrogen-bond acceptors (Lipinski definition) is 1. The fraction of sp³-hybridized carbons (Fsp3) is 0.667. The predicted molar refractivity (Wildman–Crippen MR) is 43.8 cm³/mol. The van der Waals surface area contributed by atoms with Crippen molar-refractivity contribution >= 4 is 5.78 Å². The summed E-state index contributed by atoms with van der Waals surface area (Å²) in [5, 5.41) is 0. The van der Waals surface area contributed by atoms with Crippen LogP contribution in [0.1, 0.15) is 27.2 Å². The average Bonchev–Trinajstić information content (AvgIpc) is 1.87. The van der Waals surface area contributed by atoms with Gasteiger partial charge in [0, 0.05) is 5.92 Å². The topological polar surface area (TPSA) is 17.1 Å². The Balaban J connectivity index is 3.67. The van der Waals surface area contributed by atoms with Crippen LogP contribution >= 0.6 is 0 Å². The Morgan fingerprint density at radius 3 is 2.40 bits per heavy atom. The van der Waals surface area contributed by atoms with E-state index >= 15 is 0 Å². The van der Waals surface area contributed by atoms with Crippen molar-refractivity contribution in [2.24, 2.45) is 11.8 Å². The second kappa shape index (κ2) is 4.26. The molecule has 0 fully saturated rings. The molecule has 0 saturated heterocycles. The minimum Gasteiger partial charge on any atom is -0.300 e. The van der Waals surface area contributed by atoms with Crippen molar-refractivity contribution in [1.29, 1.82) is 0 Å². The van der Waals surface area contributed by atoms with Gasteiger partial charge in [0.2, 0.25) is 0 Å². The summed E-state index contributed by atoms with van der Waals surface area (Å²) in [6.07, 6.45) is 2.82. The van der Waals surface area contributed by atoms with Crippen molar-refractivity contribution in [3.8, 4) is 0 Å². The molecule has 0 aromatic heterocycles. The lowest BCUT2D eigenvalue weighted by Crippen LogP contribution is -2.09. The molecule has 2 atom stereocenters. The first-order valence-corrected chi connectivity index (χ1v) is 3.71. The van der Waals surface area contributed by atoms with Crippen LogP contribution in [0.3, 0.4) is 0 Å². The van der Waals surface area contributed by atoms with Crippen LogP contribution in [0.2, 0.25) is 0 Å². The molecule has 0 bridgehead atoms. The van der Waals surface area contributed by atoms with Crippen LogP contribution in [0.5, 0.6) is 0 Å². The van der Waals surface area contributed by atoms with E-state index in [1.807, 2.05) is 13.0 Å². The quantitative estimate of drug-likeness (QED) is 0.548. The van der Waals surface area contributed by atoms with E-state index in [1.54, 1.807) is 6.92 Å². The van der Waals surface area contributed by atoms with E-state index in [4.69, 9.17) is 0 Å². The maximum Gasteiger partial charge on any atom is 0.132 e. The SMILES string of the molecule is C=C[C@@H](C)C[C@H](C)C(C)=O. The van der Waals surface area contributed by atoms with Crippen molar-refractivity contribution < 1.29 is 4.79 Å². The van der Waals surface area contributed by atoms with Crippen LogP contribution in [0.15, 0.2) is 12.7 Å². The summed E-state index contributed by atoms with van der Waals surface area (Å²) in [5.74, 6) is 0.917. The molecule has 0 aliphatic rings. The summed E-state index contributed by atoms with van der Waals surface area (Å²) in [6.45, 7) is 9.34. The third-order valence-electron chi connectivity index (χ3n) is 1.82. The minimum atomic E-state index is 0.188. The molecular formula is C9H16O. The molecule has 0 rings (SSSR count). The maximum atomic E-state index is 10.8. The molecule has 0 aromatic carbocycles. The zero-order valence-electron chi connectivity index (χ0n) is 7.05. The molecule has 0 aromatic rings.